The molecule has 1 amide bonds. The largest absolute Gasteiger partial charge is 0.378 e. The van der Waals surface area contributed by atoms with Crippen LogP contribution in [0, 0.1) is 0 Å². The maximum absolute atomic E-state index is 12.6. The molecule has 1 saturated heterocycles. The van der Waals surface area contributed by atoms with Crippen LogP contribution in [0.4, 0.5) is 0 Å². The number of Topliss-reactive ketones (excluding diaryl/α,β-unsaturated/α-hetero) is 2. The van der Waals surface area contributed by atoms with Crippen LogP contribution < -0.4 is 0 Å². The summed E-state index contributed by atoms with van der Waals surface area (Å²) in [5.74, 6) is 0.109. The van der Waals surface area contributed by atoms with Crippen molar-refractivity contribution < 1.29 is 19.1 Å². The van der Waals surface area contributed by atoms with Gasteiger partial charge in [-0.3, -0.25) is 24.4 Å². The zero-order valence-electron chi connectivity index (χ0n) is 17.3. The molecule has 7 nitrogen and oxygen atoms in total. The third kappa shape index (κ3) is 6.03. The van der Waals surface area contributed by atoms with Crippen LogP contribution in [0.15, 0.2) is 36.8 Å². The molecule has 0 unspecified atom stereocenters. The van der Waals surface area contributed by atoms with Crippen molar-refractivity contribution >= 4 is 17.5 Å². The second-order valence-electron chi connectivity index (χ2n) is 7.33. The average molecular weight is 409 g/mol. The molecule has 30 heavy (non-hydrogen) atoms. The van der Waals surface area contributed by atoms with Crippen molar-refractivity contribution in [2.24, 2.45) is 0 Å². The molecule has 0 radical (unpaired) electrons. The van der Waals surface area contributed by atoms with Gasteiger partial charge < -0.3 is 9.64 Å². The van der Waals surface area contributed by atoms with Crippen molar-refractivity contribution in [2.45, 2.75) is 39.0 Å². The molecule has 2 aromatic rings. The van der Waals surface area contributed by atoms with Crippen LogP contribution in [0.3, 0.4) is 0 Å². The van der Waals surface area contributed by atoms with E-state index in [1.807, 2.05) is 17.0 Å². The van der Waals surface area contributed by atoms with E-state index in [-0.39, 0.29) is 17.5 Å². The summed E-state index contributed by atoms with van der Waals surface area (Å²) in [5, 5.41) is 0. The Kier molecular flexibility index (Phi) is 7.79. The number of amides is 1. The zero-order valence-corrected chi connectivity index (χ0v) is 17.3. The lowest BCUT2D eigenvalue weighted by Gasteiger charge is -2.26. The Morgan fingerprint density at radius 1 is 0.967 bits per heavy atom. The van der Waals surface area contributed by atoms with E-state index in [4.69, 9.17) is 4.74 Å². The Balaban J connectivity index is 1.51. The number of aryl methyl sites for hydroxylation is 2. The maximum atomic E-state index is 12.6. The van der Waals surface area contributed by atoms with Gasteiger partial charge in [-0.1, -0.05) is 13.0 Å². The van der Waals surface area contributed by atoms with Gasteiger partial charge in [0.05, 0.1) is 13.2 Å². The molecule has 1 aliphatic rings. The highest BCUT2D eigenvalue weighted by molar-refractivity contribution is 5.96. The zero-order chi connectivity index (χ0) is 21.3. The number of hydrogen-bond donors (Lipinski definition) is 0. The maximum Gasteiger partial charge on any atom is 0.223 e. The number of ether oxygens (including phenoxy) is 1. The van der Waals surface area contributed by atoms with Crippen molar-refractivity contribution in [1.29, 1.82) is 0 Å². The molecule has 3 rings (SSSR count). The summed E-state index contributed by atoms with van der Waals surface area (Å²) in [6, 6.07) is 5.37. The number of rotatable bonds is 9. The minimum Gasteiger partial charge on any atom is -0.378 e. The number of carbonyl (C=O) groups excluding carboxylic acids is 3. The lowest BCUT2D eigenvalue weighted by molar-refractivity contribution is -0.135. The van der Waals surface area contributed by atoms with Crippen molar-refractivity contribution in [3.8, 4) is 0 Å². The fraction of sp³-hybridized carbons (Fsp3) is 0.435. The van der Waals surface area contributed by atoms with Gasteiger partial charge in [0.1, 0.15) is 5.69 Å². The molecule has 0 N–H and O–H groups in total. The van der Waals surface area contributed by atoms with Gasteiger partial charge in [0, 0.05) is 56.5 Å². The van der Waals surface area contributed by atoms with Crippen LogP contribution in [-0.4, -0.2) is 58.6 Å². The van der Waals surface area contributed by atoms with E-state index < -0.39 is 0 Å². The van der Waals surface area contributed by atoms with Gasteiger partial charge in [0.2, 0.25) is 5.91 Å². The minimum atomic E-state index is -0.00225. The van der Waals surface area contributed by atoms with E-state index in [0.29, 0.717) is 69.7 Å². The first-order chi connectivity index (χ1) is 14.6. The molecule has 0 bridgehead atoms. The highest BCUT2D eigenvalue weighted by Gasteiger charge is 2.17. The first-order valence-electron chi connectivity index (χ1n) is 10.4. The summed E-state index contributed by atoms with van der Waals surface area (Å²) >= 11 is 0. The number of carbonyl (C=O) groups is 3. The molecular weight excluding hydrogens is 382 g/mol. The summed E-state index contributed by atoms with van der Waals surface area (Å²) in [6.07, 6.45) is 7.18. The highest BCUT2D eigenvalue weighted by atomic mass is 16.5. The van der Waals surface area contributed by atoms with Crippen LogP contribution in [0.5, 0.6) is 0 Å². The summed E-state index contributed by atoms with van der Waals surface area (Å²) in [4.78, 5) is 46.7. The molecule has 2 aromatic heterocycles. The summed E-state index contributed by atoms with van der Waals surface area (Å²) in [7, 11) is 0. The number of pyridine rings is 2. The molecule has 1 fully saturated rings. The SMILES string of the molecule is CCC(=O)c1ccc(CCC(=O)c2cncc(CCC(=O)N3CCOCC3)c2)cn1. The Bertz CT molecular complexity index is 890. The monoisotopic (exact) mass is 409 g/mol. The van der Waals surface area contributed by atoms with Crippen molar-refractivity contribution in [3.05, 3.63) is 59.2 Å². The summed E-state index contributed by atoms with van der Waals surface area (Å²) in [5.41, 5.74) is 2.80. The van der Waals surface area contributed by atoms with Crippen molar-refractivity contribution in [2.75, 3.05) is 26.3 Å². The molecule has 0 aliphatic carbocycles. The van der Waals surface area contributed by atoms with Crippen LogP contribution in [0.2, 0.25) is 0 Å². The van der Waals surface area contributed by atoms with Crippen molar-refractivity contribution in [3.63, 3.8) is 0 Å². The van der Waals surface area contributed by atoms with Gasteiger partial charge in [0.25, 0.3) is 0 Å². The lowest BCUT2D eigenvalue weighted by Crippen LogP contribution is -2.40. The van der Waals surface area contributed by atoms with Crippen LogP contribution >= 0.6 is 0 Å². The van der Waals surface area contributed by atoms with Gasteiger partial charge in [0.15, 0.2) is 11.6 Å². The third-order valence-corrected chi connectivity index (χ3v) is 5.18. The molecule has 0 aromatic carbocycles. The number of hydrogen-bond acceptors (Lipinski definition) is 6. The second-order valence-corrected chi connectivity index (χ2v) is 7.33. The Hall–Kier alpha value is -2.93. The second kappa shape index (κ2) is 10.7. The van der Waals surface area contributed by atoms with E-state index >= 15 is 0 Å². The first kappa shape index (κ1) is 21.8. The minimum absolute atomic E-state index is 0.00225. The molecule has 3 heterocycles. The normalized spacial score (nSPS) is 13.8. The van der Waals surface area contributed by atoms with Crippen molar-refractivity contribution in [1.82, 2.24) is 14.9 Å². The van der Waals surface area contributed by atoms with Crippen LogP contribution in [0.25, 0.3) is 0 Å². The standard InChI is InChI=1S/C23H27N3O4/c1-2-21(27)20-6-3-17(15-25-20)4-7-22(28)19-13-18(14-24-16-19)5-8-23(29)26-9-11-30-12-10-26/h3,6,13-16H,2,4-5,7-12H2,1H3. The molecule has 0 spiro atoms. The fourth-order valence-electron chi connectivity index (χ4n) is 3.32. The lowest BCUT2D eigenvalue weighted by atomic mass is 10.0. The van der Waals surface area contributed by atoms with Gasteiger partial charge >= 0.3 is 0 Å². The van der Waals surface area contributed by atoms with Gasteiger partial charge in [-0.15, -0.1) is 0 Å². The van der Waals surface area contributed by atoms with E-state index in [0.717, 1.165) is 11.1 Å². The molecule has 1 aliphatic heterocycles. The van der Waals surface area contributed by atoms with E-state index in [1.165, 1.54) is 0 Å². The molecular formula is C23H27N3O4. The number of nitrogens with zero attached hydrogens (tertiary/aromatic N) is 3. The third-order valence-electron chi connectivity index (χ3n) is 5.18. The molecule has 0 saturated carbocycles. The van der Waals surface area contributed by atoms with Gasteiger partial charge in [-0.05, 0) is 36.1 Å². The summed E-state index contributed by atoms with van der Waals surface area (Å²) in [6.45, 7) is 4.25. The molecule has 0 atom stereocenters. The average Bonchev–Trinajstić information content (AvgIpc) is 2.81. The smallest absolute Gasteiger partial charge is 0.223 e. The number of morpholine rings is 1. The number of aromatic nitrogens is 2. The van der Waals surface area contributed by atoms with Crippen LogP contribution in [0.1, 0.15) is 58.2 Å². The predicted octanol–water partition coefficient (Wildman–Crippen LogP) is 2.68. The van der Waals surface area contributed by atoms with E-state index in [2.05, 4.69) is 9.97 Å². The quantitative estimate of drug-likeness (QED) is 0.592. The Labute approximate surface area is 176 Å². The highest BCUT2D eigenvalue weighted by Crippen LogP contribution is 2.12. The Morgan fingerprint density at radius 2 is 1.73 bits per heavy atom. The topological polar surface area (TPSA) is 89.5 Å². The van der Waals surface area contributed by atoms with Crippen LogP contribution in [-0.2, 0) is 22.4 Å². The van der Waals surface area contributed by atoms with Gasteiger partial charge in [-0.2, -0.15) is 0 Å². The number of ketones is 2. The summed E-state index contributed by atoms with van der Waals surface area (Å²) < 4.78 is 5.27. The Morgan fingerprint density at radius 3 is 2.43 bits per heavy atom. The molecule has 158 valence electrons. The fourth-order valence-corrected chi connectivity index (χ4v) is 3.32. The van der Waals surface area contributed by atoms with E-state index in [9.17, 15) is 14.4 Å². The first-order valence-corrected chi connectivity index (χ1v) is 10.4. The van der Waals surface area contributed by atoms with Gasteiger partial charge in [-0.25, -0.2) is 0 Å². The predicted molar refractivity (Wildman–Crippen MR) is 111 cm³/mol. The molecule has 7 heteroatoms. The van der Waals surface area contributed by atoms with E-state index in [1.54, 1.807) is 31.6 Å².